The van der Waals surface area contributed by atoms with Gasteiger partial charge in [-0.25, -0.2) is 17.5 Å². The molecule has 0 unspecified atom stereocenters. The minimum atomic E-state index is -4.90. The van der Waals surface area contributed by atoms with Gasteiger partial charge in [-0.1, -0.05) is 13.8 Å². The summed E-state index contributed by atoms with van der Waals surface area (Å²) in [5.41, 5.74) is -1.74. The molecule has 0 aromatic heterocycles. The molecule has 0 bridgehead atoms. The van der Waals surface area contributed by atoms with Gasteiger partial charge in [0, 0.05) is 12.2 Å². The van der Waals surface area contributed by atoms with Gasteiger partial charge in [0.1, 0.15) is 11.6 Å². The highest BCUT2D eigenvalue weighted by atomic mass is 32.2. The number of alkyl halides is 3. The van der Waals surface area contributed by atoms with E-state index in [1.165, 1.54) is 24.3 Å². The molecule has 0 aliphatic rings. The zero-order chi connectivity index (χ0) is 22.5. The summed E-state index contributed by atoms with van der Waals surface area (Å²) in [6, 6.07) is 7.36. The highest BCUT2D eigenvalue weighted by Crippen LogP contribution is 2.33. The molecule has 11 heteroatoms. The molecule has 1 amide bonds. The number of carbonyl (C=O) groups is 1. The molecule has 0 aliphatic heterocycles. The van der Waals surface area contributed by atoms with Crippen molar-refractivity contribution in [1.82, 2.24) is 4.72 Å². The number of rotatable bonds is 8. The lowest BCUT2D eigenvalue weighted by Crippen LogP contribution is -2.27. The molecule has 164 valence electrons. The molecular formula is C19H20F4N2O4S. The van der Waals surface area contributed by atoms with Gasteiger partial charge in [-0.3, -0.25) is 4.79 Å². The van der Waals surface area contributed by atoms with Gasteiger partial charge in [-0.15, -0.1) is 0 Å². The molecule has 2 N–H and O–H groups in total. The molecular weight excluding hydrogens is 428 g/mol. The van der Waals surface area contributed by atoms with Gasteiger partial charge in [-0.05, 0) is 48.4 Å². The van der Waals surface area contributed by atoms with Crippen LogP contribution < -0.4 is 14.8 Å². The van der Waals surface area contributed by atoms with Gasteiger partial charge in [0.2, 0.25) is 10.0 Å². The Balaban J connectivity index is 1.96. The fourth-order valence-electron chi connectivity index (χ4n) is 2.24. The second-order valence-corrected chi connectivity index (χ2v) is 8.51. The van der Waals surface area contributed by atoms with Crippen molar-refractivity contribution in [2.75, 3.05) is 18.5 Å². The predicted molar refractivity (Wildman–Crippen MR) is 102 cm³/mol. The molecule has 0 spiro atoms. The van der Waals surface area contributed by atoms with Crippen LogP contribution in [0.3, 0.4) is 0 Å². The van der Waals surface area contributed by atoms with E-state index >= 15 is 0 Å². The number of ether oxygens (including phenoxy) is 1. The number of sulfonamides is 1. The van der Waals surface area contributed by atoms with Crippen LogP contribution in [0.1, 0.15) is 19.4 Å². The maximum Gasteiger partial charge on any atom is 0.419 e. The third-order valence-corrected chi connectivity index (χ3v) is 5.18. The summed E-state index contributed by atoms with van der Waals surface area (Å²) in [5.74, 6) is -1.91. The second kappa shape index (κ2) is 9.43. The molecule has 0 fully saturated rings. The van der Waals surface area contributed by atoms with E-state index < -0.39 is 40.1 Å². The van der Waals surface area contributed by atoms with Gasteiger partial charge in [0.15, 0.2) is 6.61 Å². The smallest absolute Gasteiger partial charge is 0.419 e. The van der Waals surface area contributed by atoms with Gasteiger partial charge < -0.3 is 10.1 Å². The quantitative estimate of drug-likeness (QED) is 0.602. The highest BCUT2D eigenvalue weighted by Gasteiger charge is 2.34. The first kappa shape index (κ1) is 23.6. The third-order valence-electron chi connectivity index (χ3n) is 3.74. The fraction of sp³-hybridized carbons (Fsp3) is 0.316. The zero-order valence-corrected chi connectivity index (χ0v) is 16.9. The number of benzene rings is 2. The van der Waals surface area contributed by atoms with Crippen LogP contribution in [0.4, 0.5) is 23.2 Å². The average Bonchev–Trinajstić information content (AvgIpc) is 2.66. The summed E-state index contributed by atoms with van der Waals surface area (Å²) < 4.78 is 83.3. The highest BCUT2D eigenvalue weighted by molar-refractivity contribution is 7.89. The Labute approximate surface area is 171 Å². The lowest BCUT2D eigenvalue weighted by molar-refractivity contribution is -0.140. The van der Waals surface area contributed by atoms with Crippen molar-refractivity contribution in [2.24, 2.45) is 5.92 Å². The Morgan fingerprint density at radius 1 is 1.10 bits per heavy atom. The van der Waals surface area contributed by atoms with Crippen molar-refractivity contribution >= 4 is 21.6 Å². The van der Waals surface area contributed by atoms with E-state index in [1.807, 2.05) is 13.8 Å². The first-order valence-electron chi connectivity index (χ1n) is 8.77. The Hall–Kier alpha value is -2.66. The van der Waals surface area contributed by atoms with E-state index in [1.54, 1.807) is 0 Å². The molecule has 30 heavy (non-hydrogen) atoms. The maximum absolute atomic E-state index is 13.3. The number of amides is 1. The van der Waals surface area contributed by atoms with Crippen molar-refractivity contribution in [1.29, 1.82) is 0 Å². The fourth-order valence-corrected chi connectivity index (χ4v) is 3.45. The van der Waals surface area contributed by atoms with Gasteiger partial charge >= 0.3 is 6.18 Å². The van der Waals surface area contributed by atoms with Gasteiger partial charge in [0.05, 0.1) is 10.5 Å². The molecule has 2 aromatic carbocycles. The molecule has 0 atom stereocenters. The third kappa shape index (κ3) is 6.70. The second-order valence-electron chi connectivity index (χ2n) is 6.75. The summed E-state index contributed by atoms with van der Waals surface area (Å²) in [4.78, 5) is 11.9. The van der Waals surface area contributed by atoms with E-state index in [-0.39, 0.29) is 28.8 Å². The normalized spacial score (nSPS) is 12.1. The summed E-state index contributed by atoms with van der Waals surface area (Å²) in [7, 11) is -3.67. The largest absolute Gasteiger partial charge is 0.484 e. The van der Waals surface area contributed by atoms with Crippen molar-refractivity contribution in [3.8, 4) is 5.75 Å². The van der Waals surface area contributed by atoms with Crippen molar-refractivity contribution < 1.29 is 35.5 Å². The minimum absolute atomic E-state index is 0.0194. The number of nitrogens with one attached hydrogen (secondary N) is 2. The Morgan fingerprint density at radius 2 is 1.73 bits per heavy atom. The molecule has 0 radical (unpaired) electrons. The lowest BCUT2D eigenvalue weighted by atomic mass is 10.2. The van der Waals surface area contributed by atoms with Crippen molar-refractivity contribution in [2.45, 2.75) is 24.9 Å². The summed E-state index contributed by atoms with van der Waals surface area (Å²) in [6.07, 6.45) is -4.90. The van der Waals surface area contributed by atoms with E-state index in [9.17, 15) is 30.8 Å². The first-order chi connectivity index (χ1) is 13.9. The first-order valence-corrected chi connectivity index (χ1v) is 10.3. The SMILES string of the molecule is CC(C)CNS(=O)(=O)c1ccc(OCC(=O)Nc2ccc(F)c(C(F)(F)F)c2)cc1. The summed E-state index contributed by atoms with van der Waals surface area (Å²) in [6.45, 7) is 3.46. The van der Waals surface area contributed by atoms with Crippen LogP contribution in [0, 0.1) is 11.7 Å². The van der Waals surface area contributed by atoms with E-state index in [0.717, 1.165) is 6.07 Å². The predicted octanol–water partition coefficient (Wildman–Crippen LogP) is 3.80. The van der Waals surface area contributed by atoms with Crippen LogP contribution in [0.5, 0.6) is 5.75 Å². The van der Waals surface area contributed by atoms with Gasteiger partial charge in [0.25, 0.3) is 5.91 Å². The molecule has 6 nitrogen and oxygen atoms in total. The number of carbonyl (C=O) groups excluding carboxylic acids is 1. The number of anilines is 1. The van der Waals surface area contributed by atoms with Gasteiger partial charge in [-0.2, -0.15) is 13.2 Å². The Kier molecular flexibility index (Phi) is 7.43. The van der Waals surface area contributed by atoms with E-state index in [4.69, 9.17) is 4.74 Å². The van der Waals surface area contributed by atoms with Crippen molar-refractivity contribution in [3.05, 3.63) is 53.8 Å². The molecule has 2 aromatic rings. The molecule has 0 saturated heterocycles. The molecule has 0 heterocycles. The summed E-state index contributed by atoms with van der Waals surface area (Å²) in [5, 5.41) is 2.18. The molecule has 0 aliphatic carbocycles. The van der Waals surface area contributed by atoms with E-state index in [0.29, 0.717) is 12.1 Å². The zero-order valence-electron chi connectivity index (χ0n) is 16.1. The standard InChI is InChI=1S/C19H20F4N2O4S/c1-12(2)10-24-30(27,28)15-6-4-14(5-7-15)29-11-18(26)25-13-3-8-17(20)16(9-13)19(21,22)23/h3-9,12,24H,10-11H2,1-2H3,(H,25,26). The maximum atomic E-state index is 13.3. The average molecular weight is 448 g/mol. The topological polar surface area (TPSA) is 84.5 Å². The van der Waals surface area contributed by atoms with Crippen LogP contribution in [-0.2, 0) is 21.0 Å². The minimum Gasteiger partial charge on any atom is -0.484 e. The molecule has 0 saturated carbocycles. The number of hydrogen-bond donors (Lipinski definition) is 2. The summed E-state index contributed by atoms with van der Waals surface area (Å²) >= 11 is 0. The van der Waals surface area contributed by atoms with Crippen LogP contribution in [0.15, 0.2) is 47.4 Å². The van der Waals surface area contributed by atoms with Crippen LogP contribution in [0.2, 0.25) is 0 Å². The Morgan fingerprint density at radius 3 is 2.30 bits per heavy atom. The lowest BCUT2D eigenvalue weighted by Gasteiger charge is -2.12. The van der Waals surface area contributed by atoms with Crippen LogP contribution in [-0.4, -0.2) is 27.5 Å². The van der Waals surface area contributed by atoms with Crippen LogP contribution >= 0.6 is 0 Å². The van der Waals surface area contributed by atoms with Crippen LogP contribution in [0.25, 0.3) is 0 Å². The number of halogens is 4. The number of hydrogen-bond acceptors (Lipinski definition) is 4. The Bertz CT molecular complexity index is 991. The monoisotopic (exact) mass is 448 g/mol. The van der Waals surface area contributed by atoms with E-state index in [2.05, 4.69) is 10.0 Å². The van der Waals surface area contributed by atoms with Crippen molar-refractivity contribution in [3.63, 3.8) is 0 Å². The molecule has 2 rings (SSSR count).